The van der Waals surface area contributed by atoms with Crippen LogP contribution >= 0.6 is 23.2 Å². The number of aryl methyl sites for hydroxylation is 1. The van der Waals surface area contributed by atoms with Gasteiger partial charge in [-0.1, -0.05) is 36.2 Å². The Hall–Kier alpha value is -2.38. The number of hydrogen-bond acceptors (Lipinski definition) is 4. The Labute approximate surface area is 181 Å². The molecule has 0 saturated heterocycles. The summed E-state index contributed by atoms with van der Waals surface area (Å²) < 4.78 is 56.0. The molecule has 1 atom stereocenters. The van der Waals surface area contributed by atoms with E-state index in [4.69, 9.17) is 37.4 Å². The van der Waals surface area contributed by atoms with E-state index >= 15 is 0 Å². The fourth-order valence-electron chi connectivity index (χ4n) is 2.87. The van der Waals surface area contributed by atoms with Gasteiger partial charge >= 0.3 is 12.1 Å². The summed E-state index contributed by atoms with van der Waals surface area (Å²) in [5.74, 6) is -0.882. The Morgan fingerprint density at radius 2 is 1.80 bits per heavy atom. The smallest absolute Gasteiger partial charge is 0.430 e. The molecule has 0 aliphatic carbocycles. The second-order valence-corrected chi connectivity index (χ2v) is 7.21. The van der Waals surface area contributed by atoms with Gasteiger partial charge < -0.3 is 14.2 Å². The van der Waals surface area contributed by atoms with Crippen LogP contribution in [0.3, 0.4) is 0 Å². The highest BCUT2D eigenvalue weighted by atomic mass is 35.5. The van der Waals surface area contributed by atoms with E-state index in [9.17, 15) is 18.0 Å². The zero-order valence-corrected chi connectivity index (χ0v) is 17.5. The maximum atomic E-state index is 13.5. The van der Waals surface area contributed by atoms with Crippen LogP contribution in [0.5, 0.6) is 17.2 Å². The average molecular weight is 461 g/mol. The van der Waals surface area contributed by atoms with E-state index in [1.54, 1.807) is 12.1 Å². The minimum absolute atomic E-state index is 0.0653. The minimum atomic E-state index is -4.82. The number of fused-ring (bicyclic) bond motifs is 1. The molecule has 1 unspecified atom stereocenters. The van der Waals surface area contributed by atoms with Crippen LogP contribution < -0.4 is 9.47 Å². The molecule has 0 radical (unpaired) electrons. The molecule has 0 spiro atoms. The number of alkyl halides is 3. The maximum absolute atomic E-state index is 13.5. The molecular formula is C21H17Cl2F3O4. The van der Waals surface area contributed by atoms with Crippen LogP contribution in [-0.4, -0.2) is 24.9 Å². The van der Waals surface area contributed by atoms with E-state index in [0.29, 0.717) is 10.8 Å². The van der Waals surface area contributed by atoms with Crippen molar-refractivity contribution in [3.63, 3.8) is 0 Å². The fraction of sp³-hybridized carbons (Fsp3) is 0.286. The molecule has 0 amide bonds. The first-order valence-electron chi connectivity index (χ1n) is 9.06. The highest BCUT2D eigenvalue weighted by molar-refractivity contribution is 6.33. The molecule has 160 valence electrons. The van der Waals surface area contributed by atoms with Crippen molar-refractivity contribution in [2.45, 2.75) is 32.5 Å². The predicted molar refractivity (Wildman–Crippen MR) is 107 cm³/mol. The molecule has 0 fully saturated rings. The first-order chi connectivity index (χ1) is 14.1. The van der Waals surface area contributed by atoms with Crippen molar-refractivity contribution in [2.75, 3.05) is 6.61 Å². The summed E-state index contributed by atoms with van der Waals surface area (Å²) in [6, 6.07) is 7.78. The molecule has 0 aromatic heterocycles. The Kier molecular flexibility index (Phi) is 6.53. The fourth-order valence-corrected chi connectivity index (χ4v) is 3.32. The molecule has 0 N–H and O–H groups in total. The van der Waals surface area contributed by atoms with Crippen molar-refractivity contribution < 1.29 is 32.2 Å². The van der Waals surface area contributed by atoms with Gasteiger partial charge in [-0.15, -0.1) is 0 Å². The lowest BCUT2D eigenvalue weighted by atomic mass is 10.0. The van der Waals surface area contributed by atoms with Crippen LogP contribution in [0.25, 0.3) is 6.08 Å². The largest absolute Gasteiger partial charge is 0.475 e. The van der Waals surface area contributed by atoms with Crippen molar-refractivity contribution in [3.8, 4) is 17.2 Å². The quantitative estimate of drug-likeness (QED) is 0.470. The van der Waals surface area contributed by atoms with Crippen LogP contribution in [0.4, 0.5) is 13.2 Å². The van der Waals surface area contributed by atoms with Gasteiger partial charge in [-0.05, 0) is 43.2 Å². The highest BCUT2D eigenvalue weighted by Crippen LogP contribution is 2.43. The predicted octanol–water partition coefficient (Wildman–Crippen LogP) is 6.62. The maximum Gasteiger partial charge on any atom is 0.430 e. The number of halogens is 5. The number of carbonyl (C=O) groups is 1. The zero-order chi connectivity index (χ0) is 22.1. The Bertz CT molecular complexity index is 1000. The van der Waals surface area contributed by atoms with Gasteiger partial charge in [-0.2, -0.15) is 13.2 Å². The summed E-state index contributed by atoms with van der Waals surface area (Å²) in [5, 5.41) is 0.444. The zero-order valence-electron chi connectivity index (χ0n) is 16.0. The van der Waals surface area contributed by atoms with E-state index in [1.807, 2.05) is 13.0 Å². The summed E-state index contributed by atoms with van der Waals surface area (Å²) in [6.07, 6.45) is -5.45. The molecule has 2 aromatic rings. The van der Waals surface area contributed by atoms with Gasteiger partial charge in [0.25, 0.3) is 0 Å². The lowest BCUT2D eigenvalue weighted by Crippen LogP contribution is -2.40. The average Bonchev–Trinajstić information content (AvgIpc) is 2.68. The second kappa shape index (κ2) is 8.78. The SMILES string of the molecule is CCOC(=O)C1=Cc2cc(Cl)c(Oc3ccc(CC)cc3Cl)cc2OC1C(F)(F)F. The molecule has 30 heavy (non-hydrogen) atoms. The summed E-state index contributed by atoms with van der Waals surface area (Å²) in [7, 11) is 0. The first kappa shape index (κ1) is 22.3. The van der Waals surface area contributed by atoms with Gasteiger partial charge in [0.2, 0.25) is 6.10 Å². The lowest BCUT2D eigenvalue weighted by molar-refractivity contribution is -0.187. The molecule has 0 bridgehead atoms. The van der Waals surface area contributed by atoms with Crippen LogP contribution in [0, 0.1) is 0 Å². The van der Waals surface area contributed by atoms with Gasteiger partial charge in [0.05, 0.1) is 22.2 Å². The van der Waals surface area contributed by atoms with Crippen LogP contribution in [0.15, 0.2) is 35.9 Å². The summed E-state index contributed by atoms with van der Waals surface area (Å²) in [4.78, 5) is 12.0. The monoisotopic (exact) mass is 460 g/mol. The Balaban J connectivity index is 1.99. The van der Waals surface area contributed by atoms with E-state index in [2.05, 4.69) is 0 Å². The number of hydrogen-bond donors (Lipinski definition) is 0. The number of ether oxygens (including phenoxy) is 3. The lowest BCUT2D eigenvalue weighted by Gasteiger charge is -2.28. The minimum Gasteiger partial charge on any atom is -0.475 e. The van der Waals surface area contributed by atoms with Gasteiger partial charge in [0.15, 0.2) is 0 Å². The summed E-state index contributed by atoms with van der Waals surface area (Å²) in [6.45, 7) is 3.40. The summed E-state index contributed by atoms with van der Waals surface area (Å²) in [5.41, 5.74) is 0.542. The van der Waals surface area contributed by atoms with Crippen molar-refractivity contribution in [1.82, 2.24) is 0 Å². The first-order valence-corrected chi connectivity index (χ1v) is 9.81. The Morgan fingerprint density at radius 1 is 1.10 bits per heavy atom. The molecular weight excluding hydrogens is 444 g/mol. The van der Waals surface area contributed by atoms with Gasteiger partial charge in [0.1, 0.15) is 17.2 Å². The highest BCUT2D eigenvalue weighted by Gasteiger charge is 2.49. The molecule has 0 saturated carbocycles. The number of benzene rings is 2. The van der Waals surface area contributed by atoms with Crippen molar-refractivity contribution in [3.05, 3.63) is 57.1 Å². The van der Waals surface area contributed by atoms with E-state index in [1.165, 1.54) is 19.1 Å². The van der Waals surface area contributed by atoms with Crippen molar-refractivity contribution in [1.29, 1.82) is 0 Å². The van der Waals surface area contributed by atoms with Crippen LogP contribution in [0.1, 0.15) is 25.0 Å². The normalized spacial score (nSPS) is 15.7. The molecule has 4 nitrogen and oxygen atoms in total. The van der Waals surface area contributed by atoms with E-state index in [0.717, 1.165) is 18.1 Å². The molecule has 2 aromatic carbocycles. The number of esters is 1. The third-order valence-electron chi connectivity index (χ3n) is 4.34. The standard InChI is InChI=1S/C21H17Cl2F3O4/c1-3-11-5-6-16(14(22)7-11)29-18-10-17-12(9-15(18)23)8-13(20(27)28-4-2)19(30-17)21(24,25)26/h5-10,19H,3-4H2,1-2H3. The Morgan fingerprint density at radius 3 is 2.40 bits per heavy atom. The second-order valence-electron chi connectivity index (χ2n) is 6.40. The van der Waals surface area contributed by atoms with Crippen molar-refractivity contribution >= 4 is 35.2 Å². The molecule has 9 heteroatoms. The molecule has 1 aliphatic rings. The third kappa shape index (κ3) is 4.68. The summed E-state index contributed by atoms with van der Waals surface area (Å²) >= 11 is 12.5. The van der Waals surface area contributed by atoms with Crippen LogP contribution in [0.2, 0.25) is 10.0 Å². The number of rotatable bonds is 5. The molecule has 1 heterocycles. The topological polar surface area (TPSA) is 44.8 Å². The van der Waals surface area contributed by atoms with Gasteiger partial charge in [-0.3, -0.25) is 0 Å². The van der Waals surface area contributed by atoms with Gasteiger partial charge in [-0.25, -0.2) is 4.79 Å². The van der Waals surface area contributed by atoms with Crippen molar-refractivity contribution in [2.24, 2.45) is 0 Å². The van der Waals surface area contributed by atoms with E-state index < -0.39 is 23.8 Å². The van der Waals surface area contributed by atoms with E-state index in [-0.39, 0.29) is 28.7 Å². The molecule has 3 rings (SSSR count). The third-order valence-corrected chi connectivity index (χ3v) is 4.93. The molecule has 1 aliphatic heterocycles. The van der Waals surface area contributed by atoms with Gasteiger partial charge in [0, 0.05) is 11.6 Å². The number of carbonyl (C=O) groups excluding carboxylic acids is 1. The van der Waals surface area contributed by atoms with Crippen LogP contribution in [-0.2, 0) is 16.0 Å².